The molecule has 1 heterocycles. The minimum atomic E-state index is -3.64. The molecule has 0 bridgehead atoms. The predicted octanol–water partition coefficient (Wildman–Crippen LogP) is 2.52. The molecule has 1 aromatic rings. The van der Waals surface area contributed by atoms with E-state index < -0.39 is 10.0 Å². The number of benzene rings is 1. The van der Waals surface area contributed by atoms with Gasteiger partial charge < -0.3 is 15.0 Å². The number of hydrogen-bond acceptors (Lipinski definition) is 5. The van der Waals surface area contributed by atoms with E-state index in [9.17, 15) is 18.0 Å². The van der Waals surface area contributed by atoms with Crippen molar-refractivity contribution in [3.8, 4) is 0 Å². The molecule has 0 atom stereocenters. The zero-order valence-corrected chi connectivity index (χ0v) is 17.5. The fourth-order valence-corrected chi connectivity index (χ4v) is 4.63. The monoisotopic (exact) mass is 411 g/mol. The van der Waals surface area contributed by atoms with Crippen LogP contribution in [0.15, 0.2) is 29.2 Å². The molecule has 1 N–H and O–H groups in total. The normalized spacial score (nSPS) is 15.8. The molecule has 0 unspecified atom stereocenters. The number of amides is 2. The summed E-state index contributed by atoms with van der Waals surface area (Å²) in [7, 11) is -3.64. The molecule has 8 nitrogen and oxygen atoms in total. The second-order valence-electron chi connectivity index (χ2n) is 6.56. The van der Waals surface area contributed by atoms with E-state index in [2.05, 4.69) is 5.32 Å². The highest BCUT2D eigenvalue weighted by Gasteiger charge is 2.32. The SMILES string of the molecule is CCOC(=O)C1CCN(S(=O)(=O)c2ccc(NC(=O)N(CC)CC)cc2)CC1. The van der Waals surface area contributed by atoms with Gasteiger partial charge in [0.2, 0.25) is 10.0 Å². The number of hydrogen-bond donors (Lipinski definition) is 1. The molecule has 0 aliphatic carbocycles. The summed E-state index contributed by atoms with van der Waals surface area (Å²) < 4.78 is 32.1. The van der Waals surface area contributed by atoms with Crippen molar-refractivity contribution in [2.75, 3.05) is 38.1 Å². The van der Waals surface area contributed by atoms with Crippen molar-refractivity contribution >= 4 is 27.7 Å². The summed E-state index contributed by atoms with van der Waals surface area (Å²) in [5, 5.41) is 2.76. The number of ether oxygens (including phenoxy) is 1. The van der Waals surface area contributed by atoms with Gasteiger partial charge in [-0.2, -0.15) is 4.31 Å². The number of nitrogens with zero attached hydrogens (tertiary/aromatic N) is 2. The summed E-state index contributed by atoms with van der Waals surface area (Å²) >= 11 is 0. The maximum Gasteiger partial charge on any atom is 0.321 e. The standard InChI is InChI=1S/C19H29N3O5S/c1-4-21(5-2)19(24)20-16-7-9-17(10-8-16)28(25,26)22-13-11-15(12-14-22)18(23)27-6-3/h7-10,15H,4-6,11-14H2,1-3H3,(H,20,24). The fourth-order valence-electron chi connectivity index (χ4n) is 3.16. The van der Waals surface area contributed by atoms with Crippen molar-refractivity contribution in [2.24, 2.45) is 5.92 Å². The first-order valence-corrected chi connectivity index (χ1v) is 11.1. The van der Waals surface area contributed by atoms with E-state index in [1.54, 1.807) is 24.0 Å². The Kier molecular flexibility index (Phi) is 7.82. The third-order valence-electron chi connectivity index (χ3n) is 4.87. The van der Waals surface area contributed by atoms with E-state index >= 15 is 0 Å². The Hall–Kier alpha value is -2.13. The molecule has 1 aromatic carbocycles. The smallest absolute Gasteiger partial charge is 0.321 e. The Bertz CT molecular complexity index is 767. The van der Waals surface area contributed by atoms with Crippen LogP contribution >= 0.6 is 0 Å². The van der Waals surface area contributed by atoms with Crippen molar-refractivity contribution in [3.05, 3.63) is 24.3 Å². The number of carbonyl (C=O) groups excluding carboxylic acids is 2. The zero-order valence-electron chi connectivity index (χ0n) is 16.7. The lowest BCUT2D eigenvalue weighted by Gasteiger charge is -2.30. The molecular weight excluding hydrogens is 382 g/mol. The summed E-state index contributed by atoms with van der Waals surface area (Å²) in [4.78, 5) is 25.7. The van der Waals surface area contributed by atoms with Crippen LogP contribution in [-0.4, -0.2) is 62.4 Å². The number of nitrogens with one attached hydrogen (secondary N) is 1. The lowest BCUT2D eigenvalue weighted by Crippen LogP contribution is -2.40. The molecule has 1 fully saturated rings. The first kappa shape index (κ1) is 22.2. The van der Waals surface area contributed by atoms with Crippen molar-refractivity contribution in [3.63, 3.8) is 0 Å². The van der Waals surface area contributed by atoms with Gasteiger partial charge in [-0.25, -0.2) is 13.2 Å². The highest BCUT2D eigenvalue weighted by Crippen LogP contribution is 2.25. The van der Waals surface area contributed by atoms with E-state index in [1.165, 1.54) is 16.4 Å². The second kappa shape index (κ2) is 9.88. The van der Waals surface area contributed by atoms with Crippen LogP contribution in [0.4, 0.5) is 10.5 Å². The number of sulfonamides is 1. The van der Waals surface area contributed by atoms with Gasteiger partial charge in [-0.15, -0.1) is 0 Å². The Morgan fingerprint density at radius 2 is 1.68 bits per heavy atom. The molecule has 9 heteroatoms. The van der Waals surface area contributed by atoms with Gasteiger partial charge in [0.25, 0.3) is 0 Å². The lowest BCUT2D eigenvalue weighted by atomic mass is 9.98. The zero-order chi connectivity index (χ0) is 20.7. The van der Waals surface area contributed by atoms with Crippen LogP contribution in [0.25, 0.3) is 0 Å². The summed E-state index contributed by atoms with van der Waals surface area (Å²) in [5.74, 6) is -0.503. The fraction of sp³-hybridized carbons (Fsp3) is 0.579. The van der Waals surface area contributed by atoms with Crippen LogP contribution in [0, 0.1) is 5.92 Å². The Balaban J connectivity index is 2.01. The molecule has 0 saturated carbocycles. The Labute approximate surface area is 166 Å². The van der Waals surface area contributed by atoms with Crippen LogP contribution in [0.3, 0.4) is 0 Å². The molecule has 156 valence electrons. The largest absolute Gasteiger partial charge is 0.466 e. The van der Waals surface area contributed by atoms with Crippen molar-refractivity contribution in [1.82, 2.24) is 9.21 Å². The molecule has 0 aromatic heterocycles. The first-order valence-electron chi connectivity index (χ1n) is 9.66. The van der Waals surface area contributed by atoms with E-state index in [-0.39, 0.29) is 35.9 Å². The number of urea groups is 1. The lowest BCUT2D eigenvalue weighted by molar-refractivity contribution is -0.149. The maximum absolute atomic E-state index is 12.8. The van der Waals surface area contributed by atoms with Crippen LogP contribution in [-0.2, 0) is 19.6 Å². The molecular formula is C19H29N3O5S. The average molecular weight is 412 g/mol. The summed E-state index contributed by atoms with van der Waals surface area (Å²) in [6.45, 7) is 7.62. The number of esters is 1. The van der Waals surface area contributed by atoms with E-state index in [0.717, 1.165) is 0 Å². The van der Waals surface area contributed by atoms with E-state index in [0.29, 0.717) is 38.2 Å². The van der Waals surface area contributed by atoms with Gasteiger partial charge in [0.05, 0.1) is 17.4 Å². The number of carbonyl (C=O) groups is 2. The molecule has 28 heavy (non-hydrogen) atoms. The highest BCUT2D eigenvalue weighted by molar-refractivity contribution is 7.89. The van der Waals surface area contributed by atoms with Crippen molar-refractivity contribution < 1.29 is 22.7 Å². The molecule has 1 aliphatic heterocycles. The van der Waals surface area contributed by atoms with Gasteiger partial charge in [0, 0.05) is 31.9 Å². The molecule has 0 spiro atoms. The van der Waals surface area contributed by atoms with Gasteiger partial charge in [-0.05, 0) is 57.9 Å². The minimum absolute atomic E-state index is 0.169. The number of piperidine rings is 1. The van der Waals surface area contributed by atoms with E-state index in [4.69, 9.17) is 4.74 Å². The maximum atomic E-state index is 12.8. The quantitative estimate of drug-likeness (QED) is 0.696. The Morgan fingerprint density at radius 3 is 2.18 bits per heavy atom. The molecule has 2 rings (SSSR count). The van der Waals surface area contributed by atoms with Gasteiger partial charge in [-0.1, -0.05) is 0 Å². The van der Waals surface area contributed by atoms with Crippen LogP contribution in [0.2, 0.25) is 0 Å². The minimum Gasteiger partial charge on any atom is -0.466 e. The number of anilines is 1. The third-order valence-corrected chi connectivity index (χ3v) is 6.78. The van der Waals surface area contributed by atoms with Gasteiger partial charge >= 0.3 is 12.0 Å². The molecule has 1 saturated heterocycles. The van der Waals surface area contributed by atoms with Crippen LogP contribution < -0.4 is 5.32 Å². The van der Waals surface area contributed by atoms with Crippen LogP contribution in [0.5, 0.6) is 0 Å². The predicted molar refractivity (Wildman–Crippen MR) is 106 cm³/mol. The Morgan fingerprint density at radius 1 is 1.11 bits per heavy atom. The summed E-state index contributed by atoms with van der Waals surface area (Å²) in [6, 6.07) is 5.93. The topological polar surface area (TPSA) is 96.0 Å². The van der Waals surface area contributed by atoms with Crippen molar-refractivity contribution in [2.45, 2.75) is 38.5 Å². The van der Waals surface area contributed by atoms with Gasteiger partial charge in [0.1, 0.15) is 0 Å². The third kappa shape index (κ3) is 5.23. The summed E-state index contributed by atoms with van der Waals surface area (Å²) in [6.07, 6.45) is 0.909. The van der Waals surface area contributed by atoms with Crippen molar-refractivity contribution in [1.29, 1.82) is 0 Å². The summed E-state index contributed by atoms with van der Waals surface area (Å²) in [5.41, 5.74) is 0.539. The molecule has 1 aliphatic rings. The molecule has 2 amide bonds. The highest BCUT2D eigenvalue weighted by atomic mass is 32.2. The first-order chi connectivity index (χ1) is 13.3. The number of rotatable bonds is 7. The van der Waals surface area contributed by atoms with Gasteiger partial charge in [-0.3, -0.25) is 4.79 Å². The average Bonchev–Trinajstić information content (AvgIpc) is 2.69. The van der Waals surface area contributed by atoms with Crippen LogP contribution in [0.1, 0.15) is 33.6 Å². The van der Waals surface area contributed by atoms with E-state index in [1.807, 2.05) is 13.8 Å². The second-order valence-corrected chi connectivity index (χ2v) is 8.50. The molecule has 0 radical (unpaired) electrons. The van der Waals surface area contributed by atoms with Gasteiger partial charge in [0.15, 0.2) is 0 Å².